The van der Waals surface area contributed by atoms with E-state index in [2.05, 4.69) is 0 Å². The highest BCUT2D eigenvalue weighted by atomic mass is 16.5. The summed E-state index contributed by atoms with van der Waals surface area (Å²) < 4.78 is 4.95. The van der Waals surface area contributed by atoms with Gasteiger partial charge < -0.3 is 19.6 Å². The molecule has 0 saturated carbocycles. The molecule has 0 aromatic heterocycles. The first-order valence-corrected chi connectivity index (χ1v) is 6.60. The number of hydrogen-bond donors (Lipinski definition) is 1. The first-order chi connectivity index (χ1) is 9.47. The van der Waals surface area contributed by atoms with E-state index in [9.17, 15) is 9.59 Å². The highest BCUT2D eigenvalue weighted by Crippen LogP contribution is 2.06. The van der Waals surface area contributed by atoms with E-state index in [4.69, 9.17) is 15.1 Å². The Morgan fingerprint density at radius 3 is 2.45 bits per heavy atom. The van der Waals surface area contributed by atoms with Crippen molar-refractivity contribution in [1.29, 1.82) is 5.26 Å². The number of nitriles is 1. The van der Waals surface area contributed by atoms with Gasteiger partial charge in [-0.1, -0.05) is 6.92 Å². The molecule has 0 saturated heterocycles. The molecule has 0 radical (unpaired) electrons. The zero-order chi connectivity index (χ0) is 15.5. The number of ether oxygens (including phenoxy) is 1. The average Bonchev–Trinajstić information content (AvgIpc) is 2.43. The van der Waals surface area contributed by atoms with Gasteiger partial charge in [0.25, 0.3) is 0 Å². The fourth-order valence-electron chi connectivity index (χ4n) is 1.64. The monoisotopic (exact) mass is 285 g/mol. The van der Waals surface area contributed by atoms with Crippen LogP contribution in [0.3, 0.4) is 0 Å². The molecule has 1 unspecified atom stereocenters. The molecular weight excluding hydrogens is 262 g/mol. The Morgan fingerprint density at radius 1 is 1.35 bits per heavy atom. The second kappa shape index (κ2) is 10.0. The molecule has 0 bridgehead atoms. The highest BCUT2D eigenvalue weighted by molar-refractivity contribution is 5.76. The third-order valence-electron chi connectivity index (χ3n) is 2.90. The van der Waals surface area contributed by atoms with Crippen molar-refractivity contribution in [3.63, 3.8) is 0 Å². The Bertz CT molecular complexity index is 354. The fraction of sp³-hybridized carbons (Fsp3) is 0.769. The molecule has 20 heavy (non-hydrogen) atoms. The lowest BCUT2D eigenvalue weighted by molar-refractivity contribution is -0.141. The topological polar surface area (TPSA) is 93.9 Å². The lowest BCUT2D eigenvalue weighted by atomic mass is 10.2. The van der Waals surface area contributed by atoms with E-state index in [1.165, 1.54) is 16.9 Å². The molecule has 2 amide bonds. The average molecular weight is 285 g/mol. The van der Waals surface area contributed by atoms with Gasteiger partial charge >= 0.3 is 12.0 Å². The fourth-order valence-corrected chi connectivity index (χ4v) is 1.64. The van der Waals surface area contributed by atoms with Gasteiger partial charge in [0.05, 0.1) is 25.0 Å². The molecule has 0 aromatic rings. The lowest BCUT2D eigenvalue weighted by Gasteiger charge is -2.30. The summed E-state index contributed by atoms with van der Waals surface area (Å²) >= 11 is 0. The van der Waals surface area contributed by atoms with Crippen LogP contribution in [0.2, 0.25) is 0 Å². The molecule has 7 nitrogen and oxygen atoms in total. The predicted octanol–water partition coefficient (Wildman–Crippen LogP) is 1.01. The summed E-state index contributed by atoms with van der Waals surface area (Å²) in [6.45, 7) is 5.01. The van der Waals surface area contributed by atoms with Gasteiger partial charge in [0, 0.05) is 33.3 Å². The van der Waals surface area contributed by atoms with Crippen molar-refractivity contribution in [3.05, 3.63) is 0 Å². The van der Waals surface area contributed by atoms with Crippen LogP contribution >= 0.6 is 0 Å². The molecule has 0 aliphatic rings. The van der Waals surface area contributed by atoms with Crippen LogP contribution < -0.4 is 0 Å². The maximum absolute atomic E-state index is 12.3. The van der Waals surface area contributed by atoms with Crippen molar-refractivity contribution in [1.82, 2.24) is 9.80 Å². The van der Waals surface area contributed by atoms with E-state index in [1.54, 1.807) is 13.8 Å². The molecule has 0 fully saturated rings. The van der Waals surface area contributed by atoms with Gasteiger partial charge in [-0.2, -0.15) is 5.26 Å². The molecule has 114 valence electrons. The second-order valence-electron chi connectivity index (χ2n) is 4.45. The molecule has 0 aliphatic heterocycles. The number of aliphatic carboxylic acids is 1. The summed E-state index contributed by atoms with van der Waals surface area (Å²) in [4.78, 5) is 26.2. The first-order valence-electron chi connectivity index (χ1n) is 6.60. The maximum Gasteiger partial charge on any atom is 0.320 e. The predicted molar refractivity (Wildman–Crippen MR) is 73.1 cm³/mol. The molecule has 0 aromatic carbocycles. The van der Waals surface area contributed by atoms with E-state index < -0.39 is 11.9 Å². The number of methoxy groups -OCH3 is 1. The van der Waals surface area contributed by atoms with Crippen molar-refractivity contribution < 1.29 is 19.4 Å². The molecule has 0 rings (SSSR count). The van der Waals surface area contributed by atoms with Crippen molar-refractivity contribution >= 4 is 12.0 Å². The Labute approximate surface area is 119 Å². The number of hydrogen-bond acceptors (Lipinski definition) is 4. The summed E-state index contributed by atoms with van der Waals surface area (Å²) in [5.41, 5.74) is 0. The highest BCUT2D eigenvalue weighted by Gasteiger charge is 2.23. The molecule has 1 N–H and O–H groups in total. The summed E-state index contributed by atoms with van der Waals surface area (Å²) in [6, 6.07) is 1.74. The van der Waals surface area contributed by atoms with Gasteiger partial charge in [0.1, 0.15) is 0 Å². The molecular formula is C13H23N3O4. The maximum atomic E-state index is 12.3. The summed E-state index contributed by atoms with van der Waals surface area (Å²) in [7, 11) is 1.54. The van der Waals surface area contributed by atoms with E-state index in [-0.39, 0.29) is 19.0 Å². The minimum atomic E-state index is -0.934. The summed E-state index contributed by atoms with van der Waals surface area (Å²) in [5, 5.41) is 17.5. The van der Waals surface area contributed by atoms with Crippen LogP contribution in [0, 0.1) is 17.2 Å². The van der Waals surface area contributed by atoms with Crippen molar-refractivity contribution in [2.45, 2.75) is 20.3 Å². The van der Waals surface area contributed by atoms with Crippen molar-refractivity contribution in [2.24, 2.45) is 5.92 Å². The zero-order valence-corrected chi connectivity index (χ0v) is 12.3. The molecule has 0 aliphatic carbocycles. The number of nitrogens with zero attached hydrogens (tertiary/aromatic N) is 3. The Morgan fingerprint density at radius 2 is 2.00 bits per heavy atom. The number of rotatable bonds is 9. The van der Waals surface area contributed by atoms with Crippen LogP contribution in [-0.2, 0) is 9.53 Å². The van der Waals surface area contributed by atoms with Gasteiger partial charge in [-0.05, 0) is 6.92 Å². The third-order valence-corrected chi connectivity index (χ3v) is 2.90. The Hall–Kier alpha value is -1.81. The number of carbonyl (C=O) groups is 2. The van der Waals surface area contributed by atoms with Gasteiger partial charge in [0.2, 0.25) is 0 Å². The number of carbonyl (C=O) groups excluding carboxylic acids is 1. The van der Waals surface area contributed by atoms with E-state index in [1.807, 2.05) is 6.07 Å². The first kappa shape index (κ1) is 18.2. The van der Waals surface area contributed by atoms with Crippen LogP contribution in [0.25, 0.3) is 0 Å². The molecule has 0 heterocycles. The number of urea groups is 1. The van der Waals surface area contributed by atoms with Gasteiger partial charge in [-0.25, -0.2) is 4.79 Å². The number of amides is 2. The van der Waals surface area contributed by atoms with Gasteiger partial charge in [-0.15, -0.1) is 0 Å². The van der Waals surface area contributed by atoms with Gasteiger partial charge in [0.15, 0.2) is 0 Å². The largest absolute Gasteiger partial charge is 0.481 e. The molecule has 7 heteroatoms. The van der Waals surface area contributed by atoms with Gasteiger partial charge in [-0.3, -0.25) is 4.79 Å². The van der Waals surface area contributed by atoms with Crippen molar-refractivity contribution in [2.75, 3.05) is 39.9 Å². The number of carboxylic acids is 1. The van der Waals surface area contributed by atoms with E-state index in [0.717, 1.165) is 0 Å². The summed E-state index contributed by atoms with van der Waals surface area (Å²) in [5.74, 6) is -1.56. The Kier molecular flexibility index (Phi) is 9.13. The van der Waals surface area contributed by atoms with E-state index in [0.29, 0.717) is 26.2 Å². The SMILES string of the molecule is CCN(CC(C)C(=O)O)C(=O)N(CCC#N)CCOC. The standard InChI is InChI=1S/C13H23N3O4/c1-4-15(10-11(2)12(17)18)13(19)16(7-5-6-14)8-9-20-3/h11H,4-5,7-10H2,1-3H3,(H,17,18). The minimum absolute atomic E-state index is 0.153. The second-order valence-corrected chi connectivity index (χ2v) is 4.45. The molecule has 1 atom stereocenters. The van der Waals surface area contributed by atoms with Crippen LogP contribution in [-0.4, -0.2) is 66.8 Å². The summed E-state index contributed by atoms with van der Waals surface area (Å²) in [6.07, 6.45) is 0.238. The quantitative estimate of drug-likeness (QED) is 0.682. The van der Waals surface area contributed by atoms with Crippen LogP contribution in [0.5, 0.6) is 0 Å². The van der Waals surface area contributed by atoms with Crippen molar-refractivity contribution in [3.8, 4) is 6.07 Å². The lowest BCUT2D eigenvalue weighted by Crippen LogP contribution is -2.47. The van der Waals surface area contributed by atoms with Crippen LogP contribution in [0.4, 0.5) is 4.79 Å². The third kappa shape index (κ3) is 6.38. The zero-order valence-electron chi connectivity index (χ0n) is 12.3. The van der Waals surface area contributed by atoms with Crippen LogP contribution in [0.1, 0.15) is 20.3 Å². The smallest absolute Gasteiger partial charge is 0.320 e. The minimum Gasteiger partial charge on any atom is -0.481 e. The number of carboxylic acid groups (broad SMARTS) is 1. The van der Waals surface area contributed by atoms with E-state index >= 15 is 0 Å². The molecule has 0 spiro atoms. The van der Waals surface area contributed by atoms with Crippen LogP contribution in [0.15, 0.2) is 0 Å². The Balaban J connectivity index is 4.71. The normalized spacial score (nSPS) is 11.5.